The summed E-state index contributed by atoms with van der Waals surface area (Å²) in [6.07, 6.45) is 1.72. The maximum absolute atomic E-state index is 5.91. The Morgan fingerprint density at radius 1 is 0.882 bits per heavy atom. The van der Waals surface area contributed by atoms with Crippen LogP contribution in [0.2, 0.25) is 15.1 Å². The Morgan fingerprint density at radius 3 is 2.41 bits per heavy atom. The van der Waals surface area contributed by atoms with Gasteiger partial charge >= 0.3 is 0 Å². The molecule has 0 radical (unpaired) electrons. The molecule has 0 saturated heterocycles. The first-order valence-corrected chi connectivity index (χ1v) is 6.03. The minimum absolute atomic E-state index is 0.515. The van der Waals surface area contributed by atoms with Crippen molar-refractivity contribution in [3.8, 4) is 0 Å². The summed E-state index contributed by atoms with van der Waals surface area (Å²) in [4.78, 5) is 4.30. The van der Waals surface area contributed by atoms with Crippen molar-refractivity contribution in [2.45, 2.75) is 0 Å². The van der Waals surface area contributed by atoms with Crippen molar-refractivity contribution in [2.75, 3.05) is 0 Å². The van der Waals surface area contributed by atoms with E-state index in [0.29, 0.717) is 15.1 Å². The molecule has 0 aliphatic heterocycles. The summed E-state index contributed by atoms with van der Waals surface area (Å²) < 4.78 is 0. The molecule has 0 N–H and O–H groups in total. The second-order valence-electron chi connectivity index (χ2n) is 3.41. The van der Waals surface area contributed by atoms with E-state index in [1.807, 2.05) is 18.2 Å². The van der Waals surface area contributed by atoms with Crippen molar-refractivity contribution in [3.63, 3.8) is 0 Å². The normalized spacial score (nSPS) is 11.0. The highest BCUT2D eigenvalue weighted by Gasteiger charge is 1.97. The van der Waals surface area contributed by atoms with E-state index in [1.54, 1.807) is 30.5 Å². The van der Waals surface area contributed by atoms with E-state index in [9.17, 15) is 0 Å². The molecular weight excluding hydrogens is 277 g/mol. The predicted molar refractivity (Wildman–Crippen MR) is 75.2 cm³/mol. The smallest absolute Gasteiger partial charge is 0.0644 e. The molecule has 1 nitrogen and oxygen atoms in total. The second-order valence-corrected chi connectivity index (χ2v) is 4.66. The zero-order chi connectivity index (χ0) is 12.3. The number of rotatable bonds is 2. The molecular formula is C13H8Cl3N. The third-order valence-electron chi connectivity index (χ3n) is 2.11. The Kier molecular flexibility index (Phi) is 4.06. The molecule has 0 aliphatic rings. The van der Waals surface area contributed by atoms with Crippen molar-refractivity contribution in [1.29, 1.82) is 0 Å². The zero-order valence-corrected chi connectivity index (χ0v) is 11.0. The first kappa shape index (κ1) is 12.4. The molecule has 4 heteroatoms. The number of aliphatic imine (C=N–C) groups is 1. The quantitative estimate of drug-likeness (QED) is 0.655. The van der Waals surface area contributed by atoms with Gasteiger partial charge in [0.05, 0.1) is 15.7 Å². The highest BCUT2D eigenvalue weighted by molar-refractivity contribution is 6.42. The monoisotopic (exact) mass is 283 g/mol. The van der Waals surface area contributed by atoms with Crippen molar-refractivity contribution in [1.82, 2.24) is 0 Å². The third kappa shape index (κ3) is 3.47. The van der Waals surface area contributed by atoms with Gasteiger partial charge < -0.3 is 0 Å². The lowest BCUT2D eigenvalue weighted by Gasteiger charge is -1.97. The molecule has 86 valence electrons. The first-order valence-electron chi connectivity index (χ1n) is 4.90. The number of hydrogen-bond acceptors (Lipinski definition) is 1. The lowest BCUT2D eigenvalue weighted by Crippen LogP contribution is -1.80. The molecule has 0 unspecified atom stereocenters. The van der Waals surface area contributed by atoms with Crippen molar-refractivity contribution in [2.24, 2.45) is 4.99 Å². The van der Waals surface area contributed by atoms with Gasteiger partial charge in [0.2, 0.25) is 0 Å². The van der Waals surface area contributed by atoms with Crippen molar-refractivity contribution >= 4 is 46.7 Å². The summed E-state index contributed by atoms with van der Waals surface area (Å²) in [6.45, 7) is 0. The standard InChI is InChI=1S/C13H8Cl3N/c14-10-2-1-3-11(7-10)17-8-9-4-5-12(15)13(16)6-9/h1-8H/b17-8+. The summed E-state index contributed by atoms with van der Waals surface area (Å²) in [7, 11) is 0. The molecule has 0 atom stereocenters. The van der Waals surface area contributed by atoms with Crippen LogP contribution in [0.1, 0.15) is 5.56 Å². The first-order chi connectivity index (χ1) is 8.15. The van der Waals surface area contributed by atoms with Crippen LogP contribution in [-0.4, -0.2) is 6.21 Å². The Labute approximate surface area is 115 Å². The SMILES string of the molecule is Clc1cccc(/N=C/c2ccc(Cl)c(Cl)c2)c1. The van der Waals surface area contributed by atoms with Gasteiger partial charge in [-0.1, -0.05) is 46.9 Å². The van der Waals surface area contributed by atoms with Crippen LogP contribution in [0.4, 0.5) is 5.69 Å². The van der Waals surface area contributed by atoms with Gasteiger partial charge in [0.15, 0.2) is 0 Å². The summed E-state index contributed by atoms with van der Waals surface area (Å²) in [5.74, 6) is 0. The number of benzene rings is 2. The molecule has 0 spiro atoms. The van der Waals surface area contributed by atoms with Crippen LogP contribution in [0.3, 0.4) is 0 Å². The fourth-order valence-corrected chi connectivity index (χ4v) is 1.79. The molecule has 0 aliphatic carbocycles. The van der Waals surface area contributed by atoms with Crippen molar-refractivity contribution < 1.29 is 0 Å². The molecule has 0 amide bonds. The maximum atomic E-state index is 5.91. The molecule has 2 aromatic rings. The number of nitrogens with zero attached hydrogens (tertiary/aromatic N) is 1. The summed E-state index contributed by atoms with van der Waals surface area (Å²) in [5.41, 5.74) is 1.68. The van der Waals surface area contributed by atoms with E-state index in [0.717, 1.165) is 11.3 Å². The molecule has 0 fully saturated rings. The number of hydrogen-bond donors (Lipinski definition) is 0. The average molecular weight is 285 g/mol. The Hall–Kier alpha value is -1.02. The Balaban J connectivity index is 2.23. The highest BCUT2D eigenvalue weighted by atomic mass is 35.5. The summed E-state index contributed by atoms with van der Waals surface area (Å²) in [6, 6.07) is 12.7. The van der Waals surface area contributed by atoms with Gasteiger partial charge in [-0.25, -0.2) is 0 Å². The fraction of sp³-hybridized carbons (Fsp3) is 0. The summed E-state index contributed by atoms with van der Waals surface area (Å²) in [5, 5.41) is 1.71. The molecule has 17 heavy (non-hydrogen) atoms. The lowest BCUT2D eigenvalue weighted by atomic mass is 10.2. The van der Waals surface area contributed by atoms with Gasteiger partial charge in [-0.2, -0.15) is 0 Å². The van der Waals surface area contributed by atoms with Crippen LogP contribution >= 0.6 is 34.8 Å². The topological polar surface area (TPSA) is 12.4 Å². The molecule has 0 aromatic heterocycles. The van der Waals surface area contributed by atoms with Crippen LogP contribution in [0.5, 0.6) is 0 Å². The molecule has 0 saturated carbocycles. The summed E-state index contributed by atoms with van der Waals surface area (Å²) >= 11 is 17.6. The van der Waals surface area contributed by atoms with E-state index >= 15 is 0 Å². The third-order valence-corrected chi connectivity index (χ3v) is 3.09. The molecule has 0 bridgehead atoms. The Morgan fingerprint density at radius 2 is 1.71 bits per heavy atom. The largest absolute Gasteiger partial charge is 0.256 e. The van der Waals surface area contributed by atoms with Crippen LogP contribution in [-0.2, 0) is 0 Å². The predicted octanol–water partition coefficient (Wildman–Crippen LogP) is 5.40. The van der Waals surface area contributed by atoms with Crippen LogP contribution in [0.25, 0.3) is 0 Å². The van der Waals surface area contributed by atoms with Gasteiger partial charge in [-0.3, -0.25) is 4.99 Å². The molecule has 2 rings (SSSR count). The van der Waals surface area contributed by atoms with Crippen molar-refractivity contribution in [3.05, 3.63) is 63.1 Å². The second kappa shape index (κ2) is 5.54. The van der Waals surface area contributed by atoms with Crippen LogP contribution in [0, 0.1) is 0 Å². The van der Waals surface area contributed by atoms with E-state index < -0.39 is 0 Å². The Bertz CT molecular complexity index is 564. The fourth-order valence-electron chi connectivity index (χ4n) is 1.30. The number of halogens is 3. The van der Waals surface area contributed by atoms with Crippen LogP contribution in [0.15, 0.2) is 47.5 Å². The van der Waals surface area contributed by atoms with Gasteiger partial charge in [0.1, 0.15) is 0 Å². The van der Waals surface area contributed by atoms with Gasteiger partial charge in [-0.15, -0.1) is 0 Å². The van der Waals surface area contributed by atoms with Gasteiger partial charge in [-0.05, 0) is 35.9 Å². The average Bonchev–Trinajstić information content (AvgIpc) is 2.31. The van der Waals surface area contributed by atoms with Gasteiger partial charge in [0.25, 0.3) is 0 Å². The minimum atomic E-state index is 0.515. The zero-order valence-electron chi connectivity index (χ0n) is 8.70. The highest BCUT2D eigenvalue weighted by Crippen LogP contribution is 2.22. The van der Waals surface area contributed by atoms with Gasteiger partial charge in [0, 0.05) is 11.2 Å². The minimum Gasteiger partial charge on any atom is -0.256 e. The van der Waals surface area contributed by atoms with E-state index in [4.69, 9.17) is 34.8 Å². The van der Waals surface area contributed by atoms with E-state index in [1.165, 1.54) is 0 Å². The molecule has 0 heterocycles. The maximum Gasteiger partial charge on any atom is 0.0644 e. The van der Waals surface area contributed by atoms with E-state index in [-0.39, 0.29) is 0 Å². The molecule has 2 aromatic carbocycles. The van der Waals surface area contributed by atoms with Crippen LogP contribution < -0.4 is 0 Å². The lowest BCUT2D eigenvalue weighted by molar-refractivity contribution is 1.52. The van der Waals surface area contributed by atoms with E-state index in [2.05, 4.69) is 4.99 Å².